The summed E-state index contributed by atoms with van der Waals surface area (Å²) in [5, 5.41) is 12.8. The molecule has 0 fully saturated rings. The molecule has 7 nitrogen and oxygen atoms in total. The summed E-state index contributed by atoms with van der Waals surface area (Å²) in [6, 6.07) is 19.1. The Morgan fingerprint density at radius 1 is 0.881 bits per heavy atom. The lowest BCUT2D eigenvalue weighted by Crippen LogP contribution is -2.37. The van der Waals surface area contributed by atoms with E-state index in [9.17, 15) is 14.7 Å². The van der Waals surface area contributed by atoms with Crippen LogP contribution in [0.4, 0.5) is 10.5 Å². The van der Waals surface area contributed by atoms with E-state index in [-0.39, 0.29) is 11.6 Å². The second-order valence-corrected chi connectivity index (χ2v) is 11.0. The number of fused-ring (bicyclic) bond motifs is 1. The topological polar surface area (TPSA) is 87.5 Å². The summed E-state index contributed by atoms with van der Waals surface area (Å²) in [5.41, 5.74) is 6.43. The zero-order chi connectivity index (χ0) is 30.1. The molecule has 0 saturated heterocycles. The molecule has 0 aliphatic carbocycles. The number of carboxylic acid groups (broad SMARTS) is 1. The smallest absolute Gasteiger partial charge is 0.336 e. The largest absolute Gasteiger partial charge is 0.478 e. The summed E-state index contributed by atoms with van der Waals surface area (Å²) >= 11 is 0. The SMILES string of the molecule is CCCCCCCCNC(=O)N(C)c1ccc2nc(CCCC)n(-c3ccc(-c4ccccc4C(=O)O)c(C)c3)c2c1. The van der Waals surface area contributed by atoms with Crippen molar-refractivity contribution in [1.29, 1.82) is 0 Å². The van der Waals surface area contributed by atoms with Gasteiger partial charge in [-0.3, -0.25) is 9.47 Å². The number of nitrogens with zero attached hydrogens (tertiary/aromatic N) is 3. The molecular formula is C35H44N4O3. The summed E-state index contributed by atoms with van der Waals surface area (Å²) < 4.78 is 2.18. The van der Waals surface area contributed by atoms with E-state index in [1.165, 1.54) is 25.7 Å². The van der Waals surface area contributed by atoms with E-state index < -0.39 is 5.97 Å². The van der Waals surface area contributed by atoms with Gasteiger partial charge in [0.25, 0.3) is 0 Å². The molecule has 4 aromatic rings. The summed E-state index contributed by atoms with van der Waals surface area (Å²) in [5.74, 6) is 0.0291. The van der Waals surface area contributed by atoms with Crippen LogP contribution in [-0.4, -0.2) is 40.3 Å². The van der Waals surface area contributed by atoms with Gasteiger partial charge in [0.05, 0.1) is 16.6 Å². The molecule has 3 aromatic carbocycles. The predicted octanol–water partition coefficient (Wildman–Crippen LogP) is 8.55. The number of aryl methyl sites for hydroxylation is 2. The fourth-order valence-corrected chi connectivity index (χ4v) is 5.44. The highest BCUT2D eigenvalue weighted by Gasteiger charge is 2.18. The molecule has 0 atom stereocenters. The van der Waals surface area contributed by atoms with Crippen molar-refractivity contribution in [3.05, 3.63) is 77.6 Å². The molecule has 2 N–H and O–H groups in total. The van der Waals surface area contributed by atoms with E-state index in [1.54, 1.807) is 24.1 Å². The van der Waals surface area contributed by atoms with E-state index in [0.29, 0.717) is 12.1 Å². The van der Waals surface area contributed by atoms with Gasteiger partial charge in [-0.2, -0.15) is 0 Å². The maximum atomic E-state index is 13.0. The van der Waals surface area contributed by atoms with Crippen LogP contribution in [0.3, 0.4) is 0 Å². The molecule has 0 spiro atoms. The van der Waals surface area contributed by atoms with Crippen LogP contribution in [-0.2, 0) is 6.42 Å². The fourth-order valence-electron chi connectivity index (χ4n) is 5.44. The Kier molecular flexibility index (Phi) is 10.8. The normalized spacial score (nSPS) is 11.1. The zero-order valence-electron chi connectivity index (χ0n) is 25.4. The van der Waals surface area contributed by atoms with Crippen LogP contribution in [0.5, 0.6) is 0 Å². The summed E-state index contributed by atoms with van der Waals surface area (Å²) in [7, 11) is 1.80. The highest BCUT2D eigenvalue weighted by atomic mass is 16.4. The quantitative estimate of drug-likeness (QED) is 0.149. The number of imidazole rings is 1. The van der Waals surface area contributed by atoms with Crippen LogP contribution in [0.25, 0.3) is 27.8 Å². The molecule has 0 radical (unpaired) electrons. The number of carbonyl (C=O) groups is 2. The molecule has 7 heteroatoms. The third kappa shape index (κ3) is 7.19. The molecule has 1 aromatic heterocycles. The monoisotopic (exact) mass is 568 g/mol. The first-order valence-electron chi connectivity index (χ1n) is 15.3. The Morgan fingerprint density at radius 2 is 1.62 bits per heavy atom. The molecule has 2 amide bonds. The summed E-state index contributed by atoms with van der Waals surface area (Å²) in [4.78, 5) is 31.5. The van der Waals surface area contributed by atoms with Crippen molar-refractivity contribution in [2.75, 3.05) is 18.5 Å². The number of hydrogen-bond acceptors (Lipinski definition) is 3. The average Bonchev–Trinajstić information content (AvgIpc) is 3.36. The Morgan fingerprint density at radius 3 is 2.36 bits per heavy atom. The van der Waals surface area contributed by atoms with E-state index in [2.05, 4.69) is 29.8 Å². The zero-order valence-corrected chi connectivity index (χ0v) is 25.4. The lowest BCUT2D eigenvalue weighted by atomic mass is 9.95. The van der Waals surface area contributed by atoms with Crippen molar-refractivity contribution in [3.63, 3.8) is 0 Å². The van der Waals surface area contributed by atoms with Gasteiger partial charge in [-0.25, -0.2) is 14.6 Å². The van der Waals surface area contributed by atoms with Gasteiger partial charge in [0.15, 0.2) is 0 Å². The van der Waals surface area contributed by atoms with Gasteiger partial charge >= 0.3 is 12.0 Å². The summed E-state index contributed by atoms with van der Waals surface area (Å²) in [6.07, 6.45) is 10.0. The second-order valence-electron chi connectivity index (χ2n) is 11.0. The fraction of sp³-hybridized carbons (Fsp3) is 0.400. The van der Waals surface area contributed by atoms with Crippen LogP contribution in [0, 0.1) is 6.92 Å². The maximum absolute atomic E-state index is 13.0. The highest BCUT2D eigenvalue weighted by Crippen LogP contribution is 2.32. The van der Waals surface area contributed by atoms with E-state index in [1.807, 2.05) is 49.4 Å². The number of carboxylic acids is 1. The second kappa shape index (κ2) is 14.7. The van der Waals surface area contributed by atoms with Crippen LogP contribution in [0.1, 0.15) is 87.0 Å². The number of benzene rings is 3. The lowest BCUT2D eigenvalue weighted by molar-refractivity contribution is 0.0697. The van der Waals surface area contributed by atoms with Crippen molar-refractivity contribution < 1.29 is 14.7 Å². The highest BCUT2D eigenvalue weighted by molar-refractivity contribution is 5.97. The molecule has 0 aliphatic rings. The van der Waals surface area contributed by atoms with Gasteiger partial charge in [0.2, 0.25) is 0 Å². The number of urea groups is 1. The Labute approximate surface area is 249 Å². The molecule has 0 unspecified atom stereocenters. The van der Waals surface area contributed by atoms with Gasteiger partial charge < -0.3 is 10.4 Å². The van der Waals surface area contributed by atoms with Crippen molar-refractivity contribution >= 4 is 28.7 Å². The van der Waals surface area contributed by atoms with Crippen molar-refractivity contribution in [2.24, 2.45) is 0 Å². The number of aromatic nitrogens is 2. The molecule has 42 heavy (non-hydrogen) atoms. The van der Waals surface area contributed by atoms with Crippen LogP contribution >= 0.6 is 0 Å². The van der Waals surface area contributed by atoms with Crippen molar-refractivity contribution in [1.82, 2.24) is 14.9 Å². The van der Waals surface area contributed by atoms with Gasteiger partial charge in [0.1, 0.15) is 5.82 Å². The van der Waals surface area contributed by atoms with Crippen LogP contribution in [0.15, 0.2) is 60.7 Å². The molecule has 1 heterocycles. The van der Waals surface area contributed by atoms with Gasteiger partial charge in [-0.05, 0) is 72.9 Å². The predicted molar refractivity (Wildman–Crippen MR) is 172 cm³/mol. The Balaban J connectivity index is 1.63. The minimum absolute atomic E-state index is 0.113. The molecular weight excluding hydrogens is 524 g/mol. The number of unbranched alkanes of at least 4 members (excludes halogenated alkanes) is 6. The number of nitrogens with one attached hydrogen (secondary N) is 1. The molecule has 4 rings (SSSR count). The van der Waals surface area contributed by atoms with E-state index in [0.717, 1.165) is 71.5 Å². The number of carbonyl (C=O) groups excluding carboxylic acids is 1. The van der Waals surface area contributed by atoms with Gasteiger partial charge in [0, 0.05) is 31.4 Å². The van der Waals surface area contributed by atoms with Gasteiger partial charge in [-0.15, -0.1) is 0 Å². The maximum Gasteiger partial charge on any atom is 0.336 e. The molecule has 222 valence electrons. The lowest BCUT2D eigenvalue weighted by Gasteiger charge is -2.19. The minimum atomic E-state index is -0.941. The van der Waals surface area contributed by atoms with Crippen LogP contribution < -0.4 is 10.2 Å². The minimum Gasteiger partial charge on any atom is -0.478 e. The standard InChI is InChI=1S/C35H44N4O3/c1-5-7-9-10-11-14-22-36-35(42)38(4)26-19-21-31-32(24-26)39(33(37-31)17-8-6-2)27-18-20-28(25(3)23-27)29-15-12-13-16-30(29)34(40)41/h12-13,15-16,18-21,23-24H,5-11,14,17,22H2,1-4H3,(H,36,42)(H,40,41). The Bertz CT molecular complexity index is 1520. The first-order valence-corrected chi connectivity index (χ1v) is 15.3. The van der Waals surface area contributed by atoms with Gasteiger partial charge in [-0.1, -0.05) is 76.6 Å². The molecule has 0 bridgehead atoms. The number of hydrogen-bond donors (Lipinski definition) is 2. The van der Waals surface area contributed by atoms with Crippen molar-refractivity contribution in [3.8, 4) is 16.8 Å². The van der Waals surface area contributed by atoms with Crippen molar-refractivity contribution in [2.45, 2.75) is 78.6 Å². The number of rotatable bonds is 14. The number of anilines is 1. The number of aromatic carboxylic acids is 1. The third-order valence-electron chi connectivity index (χ3n) is 7.88. The molecule has 0 aliphatic heterocycles. The summed E-state index contributed by atoms with van der Waals surface area (Å²) in [6.45, 7) is 7.07. The number of amides is 2. The first-order chi connectivity index (χ1) is 20.3. The first kappa shape index (κ1) is 30.8. The molecule has 0 saturated carbocycles. The van der Waals surface area contributed by atoms with E-state index >= 15 is 0 Å². The Hall–Kier alpha value is -4.13. The van der Waals surface area contributed by atoms with E-state index in [4.69, 9.17) is 4.98 Å². The van der Waals surface area contributed by atoms with Crippen LogP contribution in [0.2, 0.25) is 0 Å². The third-order valence-corrected chi connectivity index (χ3v) is 7.88. The average molecular weight is 569 g/mol.